The molecule has 1 atom stereocenters. The quantitative estimate of drug-likeness (QED) is 0.875. The molecule has 1 N–H and O–H groups in total. The number of amides is 1. The first-order valence-electron chi connectivity index (χ1n) is 8.62. The zero-order chi connectivity index (χ0) is 18.9. The number of fused-ring (bicyclic) bond motifs is 1. The molecule has 1 unspecified atom stereocenters. The maximum Gasteiger partial charge on any atom is 0.222 e. The van der Waals surface area contributed by atoms with Gasteiger partial charge in [-0.15, -0.1) is 0 Å². The number of hydrogen-bond donors (Lipinski definition) is 1. The molecule has 1 aliphatic heterocycles. The van der Waals surface area contributed by atoms with E-state index in [0.29, 0.717) is 11.4 Å². The van der Waals surface area contributed by atoms with Crippen molar-refractivity contribution in [2.75, 3.05) is 12.8 Å². The first-order chi connectivity index (χ1) is 12.2. The summed E-state index contributed by atoms with van der Waals surface area (Å²) in [5, 5.41) is 2.90. The average molecular weight is 373 g/mol. The molecule has 0 spiro atoms. The Bertz CT molecular complexity index is 917. The number of rotatable bonds is 5. The number of carbonyl (C=O) groups excluding carboxylic acids is 1. The molecule has 6 heteroatoms. The summed E-state index contributed by atoms with van der Waals surface area (Å²) in [5.41, 5.74) is 3.06. The number of benzene rings is 2. The van der Waals surface area contributed by atoms with E-state index in [1.54, 1.807) is 12.1 Å². The van der Waals surface area contributed by atoms with Gasteiger partial charge in [0.05, 0.1) is 11.4 Å². The van der Waals surface area contributed by atoms with Crippen LogP contribution in [-0.4, -0.2) is 33.2 Å². The van der Waals surface area contributed by atoms with Crippen LogP contribution in [0.4, 0.5) is 0 Å². The van der Waals surface area contributed by atoms with Gasteiger partial charge in [0, 0.05) is 18.6 Å². The van der Waals surface area contributed by atoms with E-state index in [1.807, 2.05) is 38.1 Å². The van der Waals surface area contributed by atoms with Gasteiger partial charge in [-0.05, 0) is 41.0 Å². The van der Waals surface area contributed by atoms with Crippen LogP contribution in [0.5, 0.6) is 5.75 Å². The van der Waals surface area contributed by atoms with Gasteiger partial charge in [0.2, 0.25) is 5.91 Å². The minimum atomic E-state index is -3.19. The van der Waals surface area contributed by atoms with Gasteiger partial charge in [0.25, 0.3) is 0 Å². The Kier molecular flexibility index (Phi) is 5.05. The Morgan fingerprint density at radius 2 is 1.81 bits per heavy atom. The fourth-order valence-corrected chi connectivity index (χ4v) is 3.56. The second-order valence-corrected chi connectivity index (χ2v) is 8.98. The van der Waals surface area contributed by atoms with Gasteiger partial charge < -0.3 is 10.1 Å². The fraction of sp³-hybridized carbons (Fsp3) is 0.350. The van der Waals surface area contributed by atoms with E-state index in [4.69, 9.17) is 4.74 Å². The first-order valence-corrected chi connectivity index (χ1v) is 10.5. The summed E-state index contributed by atoms with van der Waals surface area (Å²) >= 11 is 0. The van der Waals surface area contributed by atoms with Crippen LogP contribution in [0.1, 0.15) is 19.4 Å². The molecule has 1 amide bonds. The molecule has 0 aromatic heterocycles. The molecule has 2 aromatic carbocycles. The maximum absolute atomic E-state index is 11.7. The highest BCUT2D eigenvalue weighted by atomic mass is 32.2. The molecule has 1 aliphatic rings. The van der Waals surface area contributed by atoms with Crippen molar-refractivity contribution in [3.05, 3.63) is 48.0 Å². The SMILES string of the molecule is CC(C)C(=O)NCC1Cc2cc(-c3ccc(S(C)(=O)=O)cc3)ccc2O1. The Hall–Kier alpha value is -2.34. The first kappa shape index (κ1) is 18.5. The van der Waals surface area contributed by atoms with Crippen LogP contribution in [0.3, 0.4) is 0 Å². The van der Waals surface area contributed by atoms with Crippen molar-refractivity contribution in [2.24, 2.45) is 5.92 Å². The lowest BCUT2D eigenvalue weighted by atomic mass is 10.0. The smallest absolute Gasteiger partial charge is 0.222 e. The van der Waals surface area contributed by atoms with Gasteiger partial charge in [-0.2, -0.15) is 0 Å². The molecule has 0 radical (unpaired) electrons. The average Bonchev–Trinajstić information content (AvgIpc) is 3.00. The number of nitrogens with one attached hydrogen (secondary N) is 1. The highest BCUT2D eigenvalue weighted by Gasteiger charge is 2.24. The summed E-state index contributed by atoms with van der Waals surface area (Å²) in [6.45, 7) is 4.21. The molecular weight excluding hydrogens is 350 g/mol. The van der Waals surface area contributed by atoms with Crippen molar-refractivity contribution in [3.63, 3.8) is 0 Å². The molecule has 0 saturated heterocycles. The van der Waals surface area contributed by atoms with Crippen molar-refractivity contribution in [2.45, 2.75) is 31.3 Å². The van der Waals surface area contributed by atoms with Crippen LogP contribution in [0.2, 0.25) is 0 Å². The third-order valence-electron chi connectivity index (χ3n) is 4.45. The summed E-state index contributed by atoms with van der Waals surface area (Å²) in [6, 6.07) is 12.8. The number of ether oxygens (including phenoxy) is 1. The van der Waals surface area contributed by atoms with Crippen molar-refractivity contribution in [3.8, 4) is 16.9 Å². The standard InChI is InChI=1S/C20H23NO4S/c1-13(2)20(22)21-12-17-11-16-10-15(6-9-19(16)25-17)14-4-7-18(8-5-14)26(3,23)24/h4-10,13,17H,11-12H2,1-3H3,(H,21,22). The number of sulfone groups is 1. The van der Waals surface area contributed by atoms with Gasteiger partial charge in [0.15, 0.2) is 9.84 Å². The molecule has 1 heterocycles. The molecule has 26 heavy (non-hydrogen) atoms. The lowest BCUT2D eigenvalue weighted by molar-refractivity contribution is -0.124. The highest BCUT2D eigenvalue weighted by Crippen LogP contribution is 2.33. The lowest BCUT2D eigenvalue weighted by Crippen LogP contribution is -2.36. The van der Waals surface area contributed by atoms with Crippen molar-refractivity contribution >= 4 is 15.7 Å². The Balaban J connectivity index is 1.72. The Morgan fingerprint density at radius 1 is 1.15 bits per heavy atom. The second-order valence-electron chi connectivity index (χ2n) is 6.96. The van der Waals surface area contributed by atoms with Gasteiger partial charge in [-0.1, -0.05) is 32.0 Å². The molecule has 0 saturated carbocycles. The highest BCUT2D eigenvalue weighted by molar-refractivity contribution is 7.90. The summed E-state index contributed by atoms with van der Waals surface area (Å²) in [7, 11) is -3.19. The summed E-state index contributed by atoms with van der Waals surface area (Å²) in [6.07, 6.45) is 1.88. The summed E-state index contributed by atoms with van der Waals surface area (Å²) < 4.78 is 29.0. The largest absolute Gasteiger partial charge is 0.488 e. The molecule has 3 rings (SSSR count). The van der Waals surface area contributed by atoms with E-state index >= 15 is 0 Å². The van der Waals surface area contributed by atoms with E-state index in [9.17, 15) is 13.2 Å². The van der Waals surface area contributed by atoms with Crippen molar-refractivity contribution < 1.29 is 17.9 Å². The van der Waals surface area contributed by atoms with Crippen LogP contribution in [-0.2, 0) is 21.1 Å². The molecule has 5 nitrogen and oxygen atoms in total. The zero-order valence-electron chi connectivity index (χ0n) is 15.2. The van der Waals surface area contributed by atoms with Crippen LogP contribution in [0, 0.1) is 5.92 Å². The third kappa shape index (κ3) is 4.07. The van der Waals surface area contributed by atoms with E-state index < -0.39 is 9.84 Å². The molecule has 0 bridgehead atoms. The van der Waals surface area contributed by atoms with Gasteiger partial charge >= 0.3 is 0 Å². The van der Waals surface area contributed by atoms with Crippen LogP contribution in [0.25, 0.3) is 11.1 Å². The minimum Gasteiger partial charge on any atom is -0.488 e. The lowest BCUT2D eigenvalue weighted by Gasteiger charge is -2.13. The van der Waals surface area contributed by atoms with E-state index in [2.05, 4.69) is 11.4 Å². The molecule has 0 fully saturated rings. The summed E-state index contributed by atoms with van der Waals surface area (Å²) in [5.74, 6) is 0.821. The molecule has 2 aromatic rings. The predicted molar refractivity (Wildman–Crippen MR) is 101 cm³/mol. The molecule has 0 aliphatic carbocycles. The number of carbonyl (C=O) groups is 1. The van der Waals surface area contributed by atoms with Crippen molar-refractivity contribution in [1.82, 2.24) is 5.32 Å². The second kappa shape index (κ2) is 7.11. The van der Waals surface area contributed by atoms with Gasteiger partial charge in [0.1, 0.15) is 11.9 Å². The monoisotopic (exact) mass is 373 g/mol. The molecular formula is C20H23NO4S. The third-order valence-corrected chi connectivity index (χ3v) is 5.57. The van der Waals surface area contributed by atoms with Crippen molar-refractivity contribution in [1.29, 1.82) is 0 Å². The van der Waals surface area contributed by atoms with Crippen LogP contribution in [0.15, 0.2) is 47.4 Å². The Morgan fingerprint density at radius 3 is 2.42 bits per heavy atom. The zero-order valence-corrected chi connectivity index (χ0v) is 16.0. The number of hydrogen-bond acceptors (Lipinski definition) is 4. The van der Waals surface area contributed by atoms with E-state index in [1.165, 1.54) is 6.26 Å². The van der Waals surface area contributed by atoms with E-state index in [0.717, 1.165) is 28.9 Å². The molecule has 138 valence electrons. The van der Waals surface area contributed by atoms with Gasteiger partial charge in [-0.3, -0.25) is 4.79 Å². The predicted octanol–water partition coefficient (Wildman–Crippen LogP) is 2.83. The van der Waals surface area contributed by atoms with Crippen LogP contribution >= 0.6 is 0 Å². The normalized spacial score (nSPS) is 16.2. The Labute approximate surface area is 154 Å². The maximum atomic E-state index is 11.7. The fourth-order valence-electron chi connectivity index (χ4n) is 2.93. The minimum absolute atomic E-state index is 0.0243. The van der Waals surface area contributed by atoms with E-state index in [-0.39, 0.29) is 17.9 Å². The summed E-state index contributed by atoms with van der Waals surface area (Å²) in [4.78, 5) is 12.0. The van der Waals surface area contributed by atoms with Gasteiger partial charge in [-0.25, -0.2) is 8.42 Å². The van der Waals surface area contributed by atoms with Crippen LogP contribution < -0.4 is 10.1 Å². The topological polar surface area (TPSA) is 72.5 Å².